The number of nitrogens with one attached hydrogen (secondary N) is 3. The Morgan fingerprint density at radius 3 is 2.20 bits per heavy atom. The van der Waals surface area contributed by atoms with Gasteiger partial charge in [-0.2, -0.15) is 0 Å². The van der Waals surface area contributed by atoms with E-state index in [0.29, 0.717) is 23.4 Å². The van der Waals surface area contributed by atoms with Gasteiger partial charge in [-0.25, -0.2) is 18.5 Å². The van der Waals surface area contributed by atoms with E-state index in [-0.39, 0.29) is 16.6 Å². The van der Waals surface area contributed by atoms with E-state index in [9.17, 15) is 13.2 Å². The number of carbonyl (C=O) groups is 1. The molecule has 10 heteroatoms. The van der Waals surface area contributed by atoms with Gasteiger partial charge >= 0.3 is 0 Å². The van der Waals surface area contributed by atoms with E-state index in [4.69, 9.17) is 16.3 Å². The number of carbonyl (C=O) groups excluding carboxylic acids is 1. The minimum absolute atomic E-state index is 0.00965. The lowest BCUT2D eigenvalue weighted by Crippen LogP contribution is -2.30. The summed E-state index contributed by atoms with van der Waals surface area (Å²) in [5, 5.41) is 15.7. The maximum Gasteiger partial charge on any atom is 0.251 e. The second-order valence-electron chi connectivity index (χ2n) is 7.96. The number of nitrogen functional groups attached to an aromatic ring is 1. The number of nitrogens with zero attached hydrogens (tertiary/aromatic N) is 1. The molecular weight excluding hydrogens is 464 g/mol. The number of benzene rings is 3. The fourth-order valence-electron chi connectivity index (χ4n) is 3.59. The van der Waals surface area contributed by atoms with Crippen LogP contribution in [0.5, 0.6) is 0 Å². The molecule has 7 N–H and O–H groups in total. The summed E-state index contributed by atoms with van der Waals surface area (Å²) < 4.78 is 23.0. The summed E-state index contributed by atoms with van der Waals surface area (Å²) in [5.41, 5.74) is 9.06. The van der Waals surface area contributed by atoms with Gasteiger partial charge in [-0.3, -0.25) is 10.2 Å². The first kappa shape index (κ1) is 23.9. The highest BCUT2D eigenvalue weighted by atomic mass is 32.2. The lowest BCUT2D eigenvalue weighted by molar-refractivity contribution is 0.0934. The molecule has 9 nitrogen and oxygen atoms in total. The smallest absolute Gasteiger partial charge is 0.251 e. The van der Waals surface area contributed by atoms with Crippen LogP contribution >= 0.6 is 0 Å². The molecular formula is C25H24N6O3S. The van der Waals surface area contributed by atoms with Crippen molar-refractivity contribution >= 4 is 21.8 Å². The normalized spacial score (nSPS) is 12.1. The van der Waals surface area contributed by atoms with Crippen LogP contribution < -0.4 is 16.2 Å². The standard InChI is InChI=1S/C25H24N6O3S/c26-23(27)18-8-6-17(7-9-18)22-15-29-24(30-22)21(14-16-4-2-1-3-5-16)31-25(32)19-10-12-20(13-11-19)35(28,33)34/h1-13,15,21H,14H2,(H3,26,27)(H,29,30)(H,31,32)(H2,28,33,34)/t21-/m0/s1. The molecule has 1 atom stereocenters. The van der Waals surface area contributed by atoms with Crippen molar-refractivity contribution in [2.45, 2.75) is 17.4 Å². The molecule has 0 spiro atoms. The number of primary sulfonamides is 1. The van der Waals surface area contributed by atoms with Gasteiger partial charge in [0.05, 0.1) is 22.8 Å². The fourth-order valence-corrected chi connectivity index (χ4v) is 4.11. The first-order chi connectivity index (χ1) is 16.7. The van der Waals surface area contributed by atoms with E-state index in [2.05, 4.69) is 15.3 Å². The van der Waals surface area contributed by atoms with Gasteiger partial charge in [-0.05, 0) is 41.8 Å². The Morgan fingerprint density at radius 1 is 0.971 bits per heavy atom. The molecule has 3 aromatic carbocycles. The van der Waals surface area contributed by atoms with E-state index in [1.165, 1.54) is 24.3 Å². The number of hydrogen-bond donors (Lipinski definition) is 5. The monoisotopic (exact) mass is 488 g/mol. The molecule has 0 saturated carbocycles. The van der Waals surface area contributed by atoms with Crippen LogP contribution in [0.25, 0.3) is 11.3 Å². The topological polar surface area (TPSA) is 168 Å². The Labute approximate surface area is 202 Å². The minimum atomic E-state index is -3.85. The van der Waals surface area contributed by atoms with Gasteiger partial charge in [0.1, 0.15) is 11.7 Å². The third-order valence-corrected chi connectivity index (χ3v) is 6.39. The summed E-state index contributed by atoms with van der Waals surface area (Å²) >= 11 is 0. The number of aromatic amines is 1. The number of hydrogen-bond acceptors (Lipinski definition) is 5. The van der Waals surface area contributed by atoms with Crippen LogP contribution in [0.15, 0.2) is 90.0 Å². The van der Waals surface area contributed by atoms with Crippen LogP contribution in [0.4, 0.5) is 0 Å². The molecule has 0 aliphatic rings. The highest BCUT2D eigenvalue weighted by Gasteiger charge is 2.20. The molecule has 0 aliphatic heterocycles. The lowest BCUT2D eigenvalue weighted by atomic mass is 10.0. The Morgan fingerprint density at radius 2 is 1.60 bits per heavy atom. The van der Waals surface area contributed by atoms with Gasteiger partial charge in [0, 0.05) is 11.1 Å². The predicted molar refractivity (Wildman–Crippen MR) is 133 cm³/mol. The molecule has 0 unspecified atom stereocenters. The number of H-pyrrole nitrogens is 1. The number of sulfonamides is 1. The Hall–Kier alpha value is -4.28. The van der Waals surface area contributed by atoms with Crippen LogP contribution in [0.2, 0.25) is 0 Å². The van der Waals surface area contributed by atoms with Gasteiger partial charge < -0.3 is 16.0 Å². The van der Waals surface area contributed by atoms with E-state index in [1.54, 1.807) is 18.3 Å². The molecule has 1 aromatic heterocycles. The van der Waals surface area contributed by atoms with Crippen LogP contribution in [0.3, 0.4) is 0 Å². The minimum Gasteiger partial charge on any atom is -0.384 e. The van der Waals surface area contributed by atoms with Crippen molar-refractivity contribution in [2.24, 2.45) is 10.9 Å². The third-order valence-electron chi connectivity index (χ3n) is 5.47. The average Bonchev–Trinajstić information content (AvgIpc) is 3.34. The Bertz CT molecular complexity index is 1450. The summed E-state index contributed by atoms with van der Waals surface area (Å²) in [4.78, 5) is 20.7. The number of aromatic nitrogens is 2. The van der Waals surface area contributed by atoms with E-state index >= 15 is 0 Å². The summed E-state index contributed by atoms with van der Waals surface area (Å²) in [6, 6.07) is 21.8. The summed E-state index contributed by atoms with van der Waals surface area (Å²) in [7, 11) is -3.85. The van der Waals surface area contributed by atoms with Crippen molar-refractivity contribution in [3.63, 3.8) is 0 Å². The lowest BCUT2D eigenvalue weighted by Gasteiger charge is -2.17. The quantitative estimate of drug-likeness (QED) is 0.189. The molecule has 4 aromatic rings. The van der Waals surface area contributed by atoms with E-state index in [1.807, 2.05) is 42.5 Å². The first-order valence-electron chi connectivity index (χ1n) is 10.7. The number of amidine groups is 1. The van der Waals surface area contributed by atoms with Gasteiger partial charge in [0.15, 0.2) is 0 Å². The molecule has 1 amide bonds. The fraction of sp³-hybridized carbons (Fsp3) is 0.0800. The summed E-state index contributed by atoms with van der Waals surface area (Å²) in [5.74, 6) is 0.175. The van der Waals surface area contributed by atoms with Crippen LogP contribution in [0, 0.1) is 5.41 Å². The van der Waals surface area contributed by atoms with Gasteiger partial charge in [-0.1, -0.05) is 54.6 Å². The van der Waals surface area contributed by atoms with E-state index in [0.717, 1.165) is 16.8 Å². The van der Waals surface area contributed by atoms with E-state index < -0.39 is 16.1 Å². The van der Waals surface area contributed by atoms with Crippen molar-refractivity contribution in [1.29, 1.82) is 5.41 Å². The highest BCUT2D eigenvalue weighted by molar-refractivity contribution is 7.89. The van der Waals surface area contributed by atoms with Crippen molar-refractivity contribution in [3.05, 3.63) is 108 Å². The van der Waals surface area contributed by atoms with Crippen LogP contribution in [0.1, 0.15) is 33.4 Å². The zero-order valence-corrected chi connectivity index (χ0v) is 19.4. The maximum absolute atomic E-state index is 13.0. The van der Waals surface area contributed by atoms with Crippen molar-refractivity contribution in [3.8, 4) is 11.3 Å². The second kappa shape index (κ2) is 9.92. The molecule has 4 rings (SSSR count). The largest absolute Gasteiger partial charge is 0.384 e. The van der Waals surface area contributed by atoms with Gasteiger partial charge in [-0.15, -0.1) is 0 Å². The third kappa shape index (κ3) is 5.81. The number of nitrogens with two attached hydrogens (primary N) is 2. The number of imidazole rings is 1. The summed E-state index contributed by atoms with van der Waals surface area (Å²) in [6.45, 7) is 0. The molecule has 1 heterocycles. The second-order valence-corrected chi connectivity index (χ2v) is 9.52. The predicted octanol–water partition coefficient (Wildman–Crippen LogP) is 2.72. The molecule has 35 heavy (non-hydrogen) atoms. The zero-order chi connectivity index (χ0) is 25.0. The number of amides is 1. The Kier molecular flexibility index (Phi) is 6.76. The molecule has 0 aliphatic carbocycles. The van der Waals surface area contributed by atoms with Crippen LogP contribution in [-0.2, 0) is 16.4 Å². The molecule has 0 saturated heterocycles. The first-order valence-corrected chi connectivity index (χ1v) is 12.2. The van der Waals surface area contributed by atoms with Crippen molar-refractivity contribution in [2.75, 3.05) is 0 Å². The SMILES string of the molecule is N=C(N)c1ccc(-c2cnc([C@H](Cc3ccccc3)NC(=O)c3ccc(S(N)(=O)=O)cc3)[nH]2)cc1. The summed E-state index contributed by atoms with van der Waals surface area (Å²) in [6.07, 6.45) is 2.17. The van der Waals surface area contributed by atoms with Crippen molar-refractivity contribution < 1.29 is 13.2 Å². The van der Waals surface area contributed by atoms with Gasteiger partial charge in [0.25, 0.3) is 5.91 Å². The number of rotatable bonds is 8. The van der Waals surface area contributed by atoms with Crippen molar-refractivity contribution in [1.82, 2.24) is 15.3 Å². The van der Waals surface area contributed by atoms with Gasteiger partial charge in [0.2, 0.25) is 10.0 Å². The molecule has 178 valence electrons. The molecule has 0 bridgehead atoms. The highest BCUT2D eigenvalue weighted by Crippen LogP contribution is 2.23. The molecule has 0 radical (unpaired) electrons. The molecule has 0 fully saturated rings. The maximum atomic E-state index is 13.0. The Balaban J connectivity index is 1.60. The van der Waals surface area contributed by atoms with Crippen LogP contribution in [-0.4, -0.2) is 30.1 Å². The zero-order valence-electron chi connectivity index (χ0n) is 18.6. The average molecular weight is 489 g/mol.